The summed E-state index contributed by atoms with van der Waals surface area (Å²) in [6, 6.07) is 0. The number of hydrogen-bond acceptors (Lipinski definition) is 6. The van der Waals surface area contributed by atoms with E-state index in [1.165, 1.54) is 141 Å². The highest BCUT2D eigenvalue weighted by Gasteiger charge is 2.19. The van der Waals surface area contributed by atoms with Crippen LogP contribution in [-0.4, -0.2) is 37.2 Å². The van der Waals surface area contributed by atoms with Crippen LogP contribution in [0.2, 0.25) is 0 Å². The molecule has 0 amide bonds. The summed E-state index contributed by atoms with van der Waals surface area (Å²) in [5.74, 6) is -1.01. The molecule has 0 unspecified atom stereocenters. The number of carbonyl (C=O) groups excluding carboxylic acids is 3. The molecule has 6 heteroatoms. The van der Waals surface area contributed by atoms with E-state index in [0.29, 0.717) is 19.3 Å². The fourth-order valence-electron chi connectivity index (χ4n) is 7.67. The molecule has 0 aliphatic rings. The number of allylic oxidation sites excluding steroid dienone is 16. The topological polar surface area (TPSA) is 78.9 Å². The van der Waals surface area contributed by atoms with E-state index in [0.717, 1.165) is 77.0 Å². The first-order valence-electron chi connectivity index (χ1n) is 28.7. The normalized spacial score (nSPS) is 12.8. The Labute approximate surface area is 426 Å². The largest absolute Gasteiger partial charge is 0.462 e. The van der Waals surface area contributed by atoms with Gasteiger partial charge in [-0.15, -0.1) is 0 Å². The Bertz CT molecular complexity index is 1380. The molecule has 69 heavy (non-hydrogen) atoms. The molecule has 0 rings (SSSR count). The standard InChI is InChI=1S/C63H106O6/c1-4-7-10-13-16-19-22-25-28-30-31-33-35-38-41-44-47-50-53-56-62(65)68-59-60(58-67-61(64)55-52-49-46-43-40-37-34-27-24-21-18-15-12-9-6-3)69-63(66)57-54-51-48-45-42-39-36-32-29-26-23-20-17-14-11-8-5-2/h16,18-19,21,25-29,34,36,39-40,43,45,48,60H,4-15,17,20,22-24,30-33,35,37-38,41-42,44,46-47,49-59H2,1-3H3/b19-16-,21-18-,28-25-,29-26-,34-27-,39-36-,43-40-,48-45-/t60-/m0/s1. The van der Waals surface area contributed by atoms with E-state index in [9.17, 15) is 14.4 Å². The van der Waals surface area contributed by atoms with Crippen molar-refractivity contribution in [3.8, 4) is 0 Å². The second-order valence-electron chi connectivity index (χ2n) is 18.8. The maximum atomic E-state index is 12.8. The van der Waals surface area contributed by atoms with Gasteiger partial charge in [-0.1, -0.05) is 221 Å². The summed E-state index contributed by atoms with van der Waals surface area (Å²) in [5.41, 5.74) is 0. The minimum atomic E-state index is -0.822. The lowest BCUT2D eigenvalue weighted by Gasteiger charge is -2.18. The average Bonchev–Trinajstić information content (AvgIpc) is 3.35. The lowest BCUT2D eigenvalue weighted by Crippen LogP contribution is -2.30. The van der Waals surface area contributed by atoms with Crippen molar-refractivity contribution < 1.29 is 28.6 Å². The highest BCUT2D eigenvalue weighted by atomic mass is 16.6. The van der Waals surface area contributed by atoms with Gasteiger partial charge in [0, 0.05) is 19.3 Å². The summed E-state index contributed by atoms with van der Waals surface area (Å²) in [5, 5.41) is 0. The summed E-state index contributed by atoms with van der Waals surface area (Å²) < 4.78 is 16.8. The van der Waals surface area contributed by atoms with Crippen LogP contribution < -0.4 is 0 Å². The molecule has 6 nitrogen and oxygen atoms in total. The molecule has 0 spiro atoms. The van der Waals surface area contributed by atoms with Crippen molar-refractivity contribution in [1.29, 1.82) is 0 Å². The van der Waals surface area contributed by atoms with E-state index < -0.39 is 6.10 Å². The first-order chi connectivity index (χ1) is 34.0. The second-order valence-corrected chi connectivity index (χ2v) is 18.8. The zero-order chi connectivity index (χ0) is 50.0. The quantitative estimate of drug-likeness (QED) is 0.0262. The molecule has 0 saturated heterocycles. The average molecular weight is 960 g/mol. The molecule has 0 heterocycles. The van der Waals surface area contributed by atoms with Crippen LogP contribution in [-0.2, 0) is 28.6 Å². The van der Waals surface area contributed by atoms with Crippen LogP contribution in [0, 0.1) is 0 Å². The Morgan fingerprint density at radius 3 is 0.913 bits per heavy atom. The van der Waals surface area contributed by atoms with Crippen LogP contribution in [0.15, 0.2) is 97.2 Å². The number of unbranched alkanes of at least 4 members (excludes halogenated alkanes) is 24. The van der Waals surface area contributed by atoms with Crippen molar-refractivity contribution in [2.24, 2.45) is 0 Å². The highest BCUT2D eigenvalue weighted by Crippen LogP contribution is 2.14. The first kappa shape index (κ1) is 65.3. The molecule has 0 saturated carbocycles. The van der Waals surface area contributed by atoms with Crippen molar-refractivity contribution in [2.45, 2.75) is 271 Å². The van der Waals surface area contributed by atoms with Crippen LogP contribution in [0.25, 0.3) is 0 Å². The monoisotopic (exact) mass is 959 g/mol. The maximum Gasteiger partial charge on any atom is 0.306 e. The van der Waals surface area contributed by atoms with E-state index in [2.05, 4.69) is 118 Å². The fourth-order valence-corrected chi connectivity index (χ4v) is 7.67. The van der Waals surface area contributed by atoms with Gasteiger partial charge in [-0.25, -0.2) is 0 Å². The molecule has 0 aliphatic heterocycles. The van der Waals surface area contributed by atoms with Gasteiger partial charge in [0.1, 0.15) is 13.2 Å². The summed E-state index contributed by atoms with van der Waals surface area (Å²) in [4.78, 5) is 38.1. The summed E-state index contributed by atoms with van der Waals surface area (Å²) in [7, 11) is 0. The molecular formula is C63H106O6. The molecule has 0 fully saturated rings. The zero-order valence-electron chi connectivity index (χ0n) is 45.0. The Balaban J connectivity index is 4.51. The van der Waals surface area contributed by atoms with Gasteiger partial charge in [0.2, 0.25) is 0 Å². The first-order valence-corrected chi connectivity index (χ1v) is 28.7. The molecule has 0 bridgehead atoms. The van der Waals surface area contributed by atoms with E-state index in [1.54, 1.807) is 0 Å². The van der Waals surface area contributed by atoms with Crippen LogP contribution in [0.4, 0.5) is 0 Å². The summed E-state index contributed by atoms with van der Waals surface area (Å²) in [6.07, 6.45) is 75.4. The van der Waals surface area contributed by atoms with E-state index >= 15 is 0 Å². The van der Waals surface area contributed by atoms with Gasteiger partial charge in [-0.05, 0) is 122 Å². The lowest BCUT2D eigenvalue weighted by atomic mass is 10.1. The Morgan fingerprint density at radius 2 is 0.536 bits per heavy atom. The molecule has 0 aliphatic carbocycles. The molecule has 0 aromatic carbocycles. The summed E-state index contributed by atoms with van der Waals surface area (Å²) in [6.45, 7) is 6.51. The van der Waals surface area contributed by atoms with Crippen LogP contribution in [0.3, 0.4) is 0 Å². The highest BCUT2D eigenvalue weighted by molar-refractivity contribution is 5.71. The molecule has 0 aromatic heterocycles. The maximum absolute atomic E-state index is 12.8. The van der Waals surface area contributed by atoms with Crippen molar-refractivity contribution in [3.63, 3.8) is 0 Å². The van der Waals surface area contributed by atoms with Crippen molar-refractivity contribution >= 4 is 17.9 Å². The third kappa shape index (κ3) is 55.1. The molecule has 1 atom stereocenters. The molecular weight excluding hydrogens is 853 g/mol. The van der Waals surface area contributed by atoms with Gasteiger partial charge in [-0.2, -0.15) is 0 Å². The lowest BCUT2D eigenvalue weighted by molar-refractivity contribution is -0.167. The van der Waals surface area contributed by atoms with Gasteiger partial charge < -0.3 is 14.2 Å². The minimum Gasteiger partial charge on any atom is -0.462 e. The Kier molecular flexibility index (Phi) is 53.9. The fraction of sp³-hybridized carbons (Fsp3) is 0.698. The predicted octanol–water partition coefficient (Wildman–Crippen LogP) is 19.3. The zero-order valence-corrected chi connectivity index (χ0v) is 45.0. The van der Waals surface area contributed by atoms with E-state index in [-0.39, 0.29) is 37.5 Å². The number of ether oxygens (including phenoxy) is 3. The molecule has 394 valence electrons. The van der Waals surface area contributed by atoms with Gasteiger partial charge in [0.25, 0.3) is 0 Å². The molecule has 0 aromatic rings. The van der Waals surface area contributed by atoms with Crippen molar-refractivity contribution in [2.75, 3.05) is 13.2 Å². The van der Waals surface area contributed by atoms with Gasteiger partial charge in [0.15, 0.2) is 6.10 Å². The van der Waals surface area contributed by atoms with Crippen LogP contribution >= 0.6 is 0 Å². The second kappa shape index (κ2) is 56.9. The van der Waals surface area contributed by atoms with E-state index in [1.807, 2.05) is 0 Å². The minimum absolute atomic E-state index is 0.112. The van der Waals surface area contributed by atoms with Crippen LogP contribution in [0.1, 0.15) is 265 Å². The number of hydrogen-bond donors (Lipinski definition) is 0. The van der Waals surface area contributed by atoms with Crippen molar-refractivity contribution in [1.82, 2.24) is 0 Å². The predicted molar refractivity (Wildman–Crippen MR) is 297 cm³/mol. The van der Waals surface area contributed by atoms with Crippen LogP contribution in [0.5, 0.6) is 0 Å². The van der Waals surface area contributed by atoms with Gasteiger partial charge >= 0.3 is 17.9 Å². The van der Waals surface area contributed by atoms with Gasteiger partial charge in [0.05, 0.1) is 0 Å². The van der Waals surface area contributed by atoms with Crippen molar-refractivity contribution in [3.05, 3.63) is 97.2 Å². The number of esters is 3. The Morgan fingerprint density at radius 1 is 0.290 bits per heavy atom. The third-order valence-corrected chi connectivity index (χ3v) is 12.0. The Hall–Kier alpha value is -3.67. The number of carbonyl (C=O) groups is 3. The smallest absolute Gasteiger partial charge is 0.306 e. The third-order valence-electron chi connectivity index (χ3n) is 12.0. The summed E-state index contributed by atoms with van der Waals surface area (Å²) >= 11 is 0. The molecule has 0 radical (unpaired) electrons. The van der Waals surface area contributed by atoms with Gasteiger partial charge in [-0.3, -0.25) is 14.4 Å². The molecule has 0 N–H and O–H groups in total. The number of rotatable bonds is 51. The van der Waals surface area contributed by atoms with E-state index in [4.69, 9.17) is 14.2 Å². The SMILES string of the molecule is CCCCC/C=C\C/C=C\C/C=C\CCCCC(=O)OC[C@@H](COC(=O)CCCCCCCCCCC/C=C\C/C=C\CCCCC)OC(=O)CCC/C=C\C/C=C\C/C=C\CCCCCCCC.